The zero-order valence-corrected chi connectivity index (χ0v) is 9.48. The summed E-state index contributed by atoms with van der Waals surface area (Å²) in [7, 11) is 3.54. The fourth-order valence-electron chi connectivity index (χ4n) is 1.92. The summed E-state index contributed by atoms with van der Waals surface area (Å²) in [6, 6.07) is 1.98. The number of pyridine rings is 1. The van der Waals surface area contributed by atoms with E-state index in [2.05, 4.69) is 18.8 Å². The van der Waals surface area contributed by atoms with E-state index in [0.29, 0.717) is 5.92 Å². The van der Waals surface area contributed by atoms with E-state index in [1.807, 2.05) is 6.07 Å². The highest BCUT2D eigenvalue weighted by atomic mass is 16.1. The number of imidazole rings is 1. The molecule has 0 aliphatic carbocycles. The van der Waals surface area contributed by atoms with E-state index in [1.165, 1.54) is 5.56 Å². The van der Waals surface area contributed by atoms with Crippen LogP contribution in [-0.2, 0) is 14.1 Å². The number of aryl methyl sites for hydroxylation is 2. The summed E-state index contributed by atoms with van der Waals surface area (Å²) >= 11 is 0. The van der Waals surface area contributed by atoms with Gasteiger partial charge in [-0.2, -0.15) is 0 Å². The van der Waals surface area contributed by atoms with Gasteiger partial charge in [0.2, 0.25) is 0 Å². The maximum Gasteiger partial charge on any atom is 0.329 e. The lowest BCUT2D eigenvalue weighted by Gasteiger charge is -2.07. The van der Waals surface area contributed by atoms with Gasteiger partial charge in [-0.1, -0.05) is 13.8 Å². The minimum absolute atomic E-state index is 0.0226. The lowest BCUT2D eigenvalue weighted by Crippen LogP contribution is -2.19. The Kier molecular flexibility index (Phi) is 2.14. The van der Waals surface area contributed by atoms with Gasteiger partial charge < -0.3 is 0 Å². The first kappa shape index (κ1) is 9.96. The molecular weight excluding hydrogens is 190 g/mol. The van der Waals surface area contributed by atoms with Crippen LogP contribution in [0.25, 0.3) is 11.2 Å². The first-order valence-electron chi connectivity index (χ1n) is 5.04. The molecule has 0 aliphatic heterocycles. The van der Waals surface area contributed by atoms with Crippen LogP contribution in [0.15, 0.2) is 17.1 Å². The largest absolute Gasteiger partial charge is 0.329 e. The minimum Gasteiger partial charge on any atom is -0.293 e. The molecule has 0 spiro atoms. The Bertz CT molecular complexity index is 563. The van der Waals surface area contributed by atoms with Gasteiger partial charge in [-0.3, -0.25) is 9.13 Å². The van der Waals surface area contributed by atoms with Crippen LogP contribution in [0.1, 0.15) is 25.3 Å². The van der Waals surface area contributed by atoms with Crippen LogP contribution in [-0.4, -0.2) is 14.1 Å². The van der Waals surface area contributed by atoms with Crippen LogP contribution in [0.2, 0.25) is 0 Å². The smallest absolute Gasteiger partial charge is 0.293 e. The second kappa shape index (κ2) is 3.22. The highest BCUT2D eigenvalue weighted by molar-refractivity contribution is 5.76. The molecule has 0 aromatic carbocycles. The molecule has 0 amide bonds. The summed E-state index contributed by atoms with van der Waals surface area (Å²) < 4.78 is 3.25. The van der Waals surface area contributed by atoms with Crippen LogP contribution >= 0.6 is 0 Å². The molecule has 4 nitrogen and oxygen atoms in total. The van der Waals surface area contributed by atoms with Crippen molar-refractivity contribution in [2.45, 2.75) is 19.8 Å². The summed E-state index contributed by atoms with van der Waals surface area (Å²) in [4.78, 5) is 16.0. The van der Waals surface area contributed by atoms with Gasteiger partial charge in [0.15, 0.2) is 5.65 Å². The maximum absolute atomic E-state index is 11.7. The van der Waals surface area contributed by atoms with Crippen LogP contribution in [0.4, 0.5) is 0 Å². The Morgan fingerprint density at radius 1 is 1.27 bits per heavy atom. The highest BCUT2D eigenvalue weighted by Gasteiger charge is 2.14. The van der Waals surface area contributed by atoms with Gasteiger partial charge in [-0.05, 0) is 17.5 Å². The highest BCUT2D eigenvalue weighted by Crippen LogP contribution is 2.22. The molecule has 0 bridgehead atoms. The van der Waals surface area contributed by atoms with E-state index in [1.54, 1.807) is 29.4 Å². The molecule has 2 aromatic rings. The Morgan fingerprint density at radius 3 is 2.53 bits per heavy atom. The van der Waals surface area contributed by atoms with Crippen molar-refractivity contribution < 1.29 is 0 Å². The Balaban J connectivity index is 2.98. The molecule has 0 saturated heterocycles. The third-order valence-electron chi connectivity index (χ3n) is 2.79. The molecule has 0 atom stereocenters. The van der Waals surface area contributed by atoms with E-state index < -0.39 is 0 Å². The number of hydrogen-bond donors (Lipinski definition) is 0. The third kappa shape index (κ3) is 1.28. The lowest BCUT2D eigenvalue weighted by molar-refractivity contribution is 0.786. The molecule has 15 heavy (non-hydrogen) atoms. The SMILES string of the molecule is CC(C)c1ccnc2c1n(C)c(=O)n2C. The number of fused-ring (bicyclic) bond motifs is 1. The van der Waals surface area contributed by atoms with Gasteiger partial charge in [0.05, 0.1) is 5.52 Å². The number of aromatic nitrogens is 3. The van der Waals surface area contributed by atoms with Gasteiger partial charge in [-0.15, -0.1) is 0 Å². The van der Waals surface area contributed by atoms with Gasteiger partial charge in [0, 0.05) is 20.3 Å². The molecule has 2 rings (SSSR count). The van der Waals surface area contributed by atoms with E-state index in [9.17, 15) is 4.79 Å². The number of rotatable bonds is 1. The summed E-state index contributed by atoms with van der Waals surface area (Å²) in [6.45, 7) is 4.23. The fraction of sp³-hybridized carbons (Fsp3) is 0.455. The second-order valence-corrected chi connectivity index (χ2v) is 4.13. The molecule has 4 heteroatoms. The van der Waals surface area contributed by atoms with Crippen molar-refractivity contribution in [3.05, 3.63) is 28.3 Å². The lowest BCUT2D eigenvalue weighted by atomic mass is 10.0. The Morgan fingerprint density at radius 2 is 1.93 bits per heavy atom. The predicted octanol–water partition coefficient (Wildman–Crippen LogP) is 1.40. The van der Waals surface area contributed by atoms with Crippen molar-refractivity contribution in [3.63, 3.8) is 0 Å². The summed E-state index contributed by atoms with van der Waals surface area (Å²) in [5.74, 6) is 0.392. The van der Waals surface area contributed by atoms with Crippen molar-refractivity contribution in [1.82, 2.24) is 14.1 Å². The van der Waals surface area contributed by atoms with E-state index in [-0.39, 0.29) is 5.69 Å². The van der Waals surface area contributed by atoms with E-state index in [4.69, 9.17) is 0 Å². The summed E-state index contributed by atoms with van der Waals surface area (Å²) in [5.41, 5.74) is 2.85. The molecular formula is C11H15N3O. The maximum atomic E-state index is 11.7. The molecule has 2 aromatic heterocycles. The zero-order valence-electron chi connectivity index (χ0n) is 9.48. The average molecular weight is 205 g/mol. The number of nitrogens with zero attached hydrogens (tertiary/aromatic N) is 3. The van der Waals surface area contributed by atoms with E-state index >= 15 is 0 Å². The number of hydrogen-bond acceptors (Lipinski definition) is 2. The normalized spacial score (nSPS) is 11.5. The Labute approximate surface area is 88.2 Å². The second-order valence-electron chi connectivity index (χ2n) is 4.13. The molecule has 0 aliphatic rings. The fourth-order valence-corrected chi connectivity index (χ4v) is 1.92. The first-order chi connectivity index (χ1) is 7.04. The first-order valence-corrected chi connectivity index (χ1v) is 5.04. The van der Waals surface area contributed by atoms with Crippen LogP contribution in [0.3, 0.4) is 0 Å². The molecule has 80 valence electrons. The monoisotopic (exact) mass is 205 g/mol. The molecule has 0 radical (unpaired) electrons. The van der Waals surface area contributed by atoms with Crippen LogP contribution in [0, 0.1) is 0 Å². The van der Waals surface area contributed by atoms with Gasteiger partial charge >= 0.3 is 5.69 Å². The molecule has 0 fully saturated rings. The third-order valence-corrected chi connectivity index (χ3v) is 2.79. The Hall–Kier alpha value is -1.58. The van der Waals surface area contributed by atoms with Gasteiger partial charge in [0.1, 0.15) is 0 Å². The standard InChI is InChI=1S/C11H15N3O/c1-7(2)8-5-6-12-10-9(8)13(3)11(15)14(10)4/h5-7H,1-4H3. The quantitative estimate of drug-likeness (QED) is 0.706. The topological polar surface area (TPSA) is 39.8 Å². The van der Waals surface area contributed by atoms with E-state index in [0.717, 1.165) is 11.2 Å². The molecule has 0 saturated carbocycles. The summed E-state index contributed by atoms with van der Waals surface area (Å²) in [6.07, 6.45) is 1.76. The predicted molar refractivity (Wildman–Crippen MR) is 60.0 cm³/mol. The molecule has 2 heterocycles. The average Bonchev–Trinajstić information content (AvgIpc) is 2.44. The summed E-state index contributed by atoms with van der Waals surface area (Å²) in [5, 5.41) is 0. The molecule has 0 unspecified atom stereocenters. The van der Waals surface area contributed by atoms with Crippen LogP contribution < -0.4 is 5.69 Å². The molecule has 0 N–H and O–H groups in total. The van der Waals surface area contributed by atoms with Crippen molar-refractivity contribution in [2.75, 3.05) is 0 Å². The van der Waals surface area contributed by atoms with Gasteiger partial charge in [0.25, 0.3) is 0 Å². The van der Waals surface area contributed by atoms with Crippen molar-refractivity contribution in [2.24, 2.45) is 14.1 Å². The van der Waals surface area contributed by atoms with Crippen molar-refractivity contribution in [1.29, 1.82) is 0 Å². The van der Waals surface area contributed by atoms with Crippen LogP contribution in [0.5, 0.6) is 0 Å². The van der Waals surface area contributed by atoms with Gasteiger partial charge in [-0.25, -0.2) is 9.78 Å². The zero-order chi connectivity index (χ0) is 11.2. The van der Waals surface area contributed by atoms with Crippen molar-refractivity contribution >= 4 is 11.2 Å². The van der Waals surface area contributed by atoms with Crippen molar-refractivity contribution in [3.8, 4) is 0 Å². The minimum atomic E-state index is -0.0226.